The summed E-state index contributed by atoms with van der Waals surface area (Å²) in [7, 11) is 1.38. The number of aromatic amines is 1. The Morgan fingerprint density at radius 2 is 2.19 bits per heavy atom. The van der Waals surface area contributed by atoms with E-state index in [2.05, 4.69) is 20.2 Å². The molecular formula is C14H14N4O2S. The van der Waals surface area contributed by atoms with E-state index in [-0.39, 0.29) is 11.2 Å². The SMILES string of the molecule is CCC(Sc1nnc2c(n1)[nH]c1ccccc12)C(=O)OC. The molecule has 0 spiro atoms. The molecule has 2 aromatic heterocycles. The maximum atomic E-state index is 11.6. The van der Waals surface area contributed by atoms with E-state index in [1.807, 2.05) is 31.2 Å². The lowest BCUT2D eigenvalue weighted by atomic mass is 10.2. The van der Waals surface area contributed by atoms with Crippen molar-refractivity contribution in [3.8, 4) is 0 Å². The first-order valence-electron chi connectivity index (χ1n) is 6.58. The smallest absolute Gasteiger partial charge is 0.319 e. The molecule has 3 aromatic rings. The van der Waals surface area contributed by atoms with Gasteiger partial charge in [0.15, 0.2) is 5.65 Å². The molecule has 1 aromatic carbocycles. The fraction of sp³-hybridized carbons (Fsp3) is 0.286. The van der Waals surface area contributed by atoms with Crippen molar-refractivity contribution >= 4 is 39.8 Å². The van der Waals surface area contributed by atoms with Crippen molar-refractivity contribution in [1.82, 2.24) is 20.2 Å². The summed E-state index contributed by atoms with van der Waals surface area (Å²) < 4.78 is 4.77. The Bertz CT molecular complexity index is 802. The third-order valence-electron chi connectivity index (χ3n) is 3.19. The van der Waals surface area contributed by atoms with Crippen molar-refractivity contribution in [3.05, 3.63) is 24.3 Å². The maximum absolute atomic E-state index is 11.6. The van der Waals surface area contributed by atoms with E-state index in [1.165, 1.54) is 18.9 Å². The summed E-state index contributed by atoms with van der Waals surface area (Å²) in [4.78, 5) is 19.3. The van der Waals surface area contributed by atoms with Crippen LogP contribution in [0.1, 0.15) is 13.3 Å². The van der Waals surface area contributed by atoms with E-state index < -0.39 is 0 Å². The van der Waals surface area contributed by atoms with Gasteiger partial charge in [0.1, 0.15) is 10.8 Å². The van der Waals surface area contributed by atoms with Crippen molar-refractivity contribution in [1.29, 1.82) is 0 Å². The molecule has 0 aliphatic rings. The normalized spacial score (nSPS) is 12.7. The average molecular weight is 302 g/mol. The van der Waals surface area contributed by atoms with Crippen molar-refractivity contribution < 1.29 is 9.53 Å². The average Bonchev–Trinajstić information content (AvgIpc) is 2.89. The van der Waals surface area contributed by atoms with Gasteiger partial charge in [-0.1, -0.05) is 36.9 Å². The predicted octanol–water partition coefficient (Wildman–Crippen LogP) is 2.55. The van der Waals surface area contributed by atoms with Gasteiger partial charge >= 0.3 is 5.97 Å². The lowest BCUT2D eigenvalue weighted by molar-refractivity contribution is -0.140. The number of benzene rings is 1. The quantitative estimate of drug-likeness (QED) is 0.589. The Kier molecular flexibility index (Phi) is 3.74. The summed E-state index contributed by atoms with van der Waals surface area (Å²) in [6, 6.07) is 7.84. The van der Waals surface area contributed by atoms with Crippen LogP contribution in [0.25, 0.3) is 22.1 Å². The van der Waals surface area contributed by atoms with E-state index in [1.54, 1.807) is 0 Å². The number of ether oxygens (including phenoxy) is 1. The second-order valence-corrected chi connectivity index (χ2v) is 5.67. The van der Waals surface area contributed by atoms with E-state index in [0.29, 0.717) is 17.2 Å². The minimum absolute atomic E-state index is 0.275. The van der Waals surface area contributed by atoms with E-state index in [0.717, 1.165) is 16.4 Å². The van der Waals surface area contributed by atoms with Crippen LogP contribution in [-0.4, -0.2) is 38.5 Å². The summed E-state index contributed by atoms with van der Waals surface area (Å²) >= 11 is 1.27. The standard InChI is InChI=1S/C14H14N4O2S/c1-3-10(13(19)20-2)21-14-16-12-11(17-18-14)8-6-4-5-7-9(8)15-12/h4-7,10H,3H2,1-2H3,(H,15,16,18). The summed E-state index contributed by atoms with van der Waals surface area (Å²) in [5, 5.41) is 9.47. The second kappa shape index (κ2) is 5.69. The Morgan fingerprint density at radius 1 is 1.38 bits per heavy atom. The Morgan fingerprint density at radius 3 is 2.95 bits per heavy atom. The van der Waals surface area contributed by atoms with Crippen LogP contribution in [-0.2, 0) is 9.53 Å². The molecule has 3 rings (SSSR count). The summed E-state index contributed by atoms with van der Waals surface area (Å²) in [5.41, 5.74) is 2.38. The highest BCUT2D eigenvalue weighted by molar-refractivity contribution is 8.00. The second-order valence-electron chi connectivity index (χ2n) is 4.50. The number of hydrogen-bond donors (Lipinski definition) is 1. The molecule has 108 valence electrons. The fourth-order valence-electron chi connectivity index (χ4n) is 2.11. The van der Waals surface area contributed by atoms with Gasteiger partial charge in [-0.25, -0.2) is 4.98 Å². The van der Waals surface area contributed by atoms with Gasteiger partial charge in [-0.3, -0.25) is 4.79 Å². The minimum atomic E-state index is -0.321. The number of carbonyl (C=O) groups is 1. The fourth-order valence-corrected chi connectivity index (χ4v) is 2.96. The van der Waals surface area contributed by atoms with Gasteiger partial charge < -0.3 is 9.72 Å². The number of para-hydroxylation sites is 1. The highest BCUT2D eigenvalue weighted by Gasteiger charge is 2.20. The first-order chi connectivity index (χ1) is 10.2. The van der Waals surface area contributed by atoms with Crippen LogP contribution in [0.4, 0.5) is 0 Å². The minimum Gasteiger partial charge on any atom is -0.468 e. The number of methoxy groups -OCH3 is 1. The molecule has 1 atom stereocenters. The topological polar surface area (TPSA) is 80.8 Å². The lowest BCUT2D eigenvalue weighted by Gasteiger charge is -2.09. The molecule has 2 heterocycles. The van der Waals surface area contributed by atoms with Gasteiger partial charge in [0, 0.05) is 10.9 Å². The predicted molar refractivity (Wildman–Crippen MR) is 81.1 cm³/mol. The zero-order valence-electron chi connectivity index (χ0n) is 11.7. The van der Waals surface area contributed by atoms with Gasteiger partial charge in [-0.2, -0.15) is 0 Å². The zero-order chi connectivity index (χ0) is 14.8. The largest absolute Gasteiger partial charge is 0.468 e. The highest BCUT2D eigenvalue weighted by atomic mass is 32.2. The number of thioether (sulfide) groups is 1. The molecule has 6 nitrogen and oxygen atoms in total. The molecule has 1 unspecified atom stereocenters. The highest BCUT2D eigenvalue weighted by Crippen LogP contribution is 2.26. The van der Waals surface area contributed by atoms with Crippen molar-refractivity contribution in [2.24, 2.45) is 0 Å². The van der Waals surface area contributed by atoms with Gasteiger partial charge in [-0.05, 0) is 12.5 Å². The first kappa shape index (κ1) is 13.8. The summed E-state index contributed by atoms with van der Waals surface area (Å²) in [6.07, 6.45) is 0.644. The maximum Gasteiger partial charge on any atom is 0.319 e. The van der Waals surface area contributed by atoms with Crippen LogP contribution in [0.15, 0.2) is 29.4 Å². The number of esters is 1. The van der Waals surface area contributed by atoms with Crippen molar-refractivity contribution in [2.75, 3.05) is 7.11 Å². The Balaban J connectivity index is 1.97. The number of nitrogens with zero attached hydrogens (tertiary/aromatic N) is 3. The Labute approximate surface area is 125 Å². The molecule has 7 heteroatoms. The van der Waals surface area contributed by atoms with Crippen molar-refractivity contribution in [3.63, 3.8) is 0 Å². The van der Waals surface area contributed by atoms with Crippen LogP contribution < -0.4 is 0 Å². The molecule has 0 saturated carbocycles. The van der Waals surface area contributed by atoms with E-state index in [9.17, 15) is 4.79 Å². The number of nitrogens with one attached hydrogen (secondary N) is 1. The molecule has 0 aliphatic heterocycles. The number of hydrogen-bond acceptors (Lipinski definition) is 6. The molecule has 0 amide bonds. The van der Waals surface area contributed by atoms with Crippen LogP contribution >= 0.6 is 11.8 Å². The molecule has 0 radical (unpaired) electrons. The third-order valence-corrected chi connectivity index (χ3v) is 4.38. The molecule has 0 saturated heterocycles. The molecule has 0 fully saturated rings. The number of rotatable bonds is 4. The third kappa shape index (κ3) is 2.56. The van der Waals surface area contributed by atoms with Gasteiger partial charge in [0.05, 0.1) is 7.11 Å². The summed E-state index contributed by atoms with van der Waals surface area (Å²) in [5.74, 6) is -0.275. The van der Waals surface area contributed by atoms with Gasteiger partial charge in [0.25, 0.3) is 0 Å². The first-order valence-corrected chi connectivity index (χ1v) is 7.46. The van der Waals surface area contributed by atoms with E-state index >= 15 is 0 Å². The van der Waals surface area contributed by atoms with Crippen molar-refractivity contribution in [2.45, 2.75) is 23.8 Å². The summed E-state index contributed by atoms with van der Waals surface area (Å²) in [6.45, 7) is 1.92. The molecule has 0 aliphatic carbocycles. The van der Waals surface area contributed by atoms with Crippen LogP contribution in [0.3, 0.4) is 0 Å². The molecular weight excluding hydrogens is 288 g/mol. The van der Waals surface area contributed by atoms with Crippen LogP contribution in [0.2, 0.25) is 0 Å². The van der Waals surface area contributed by atoms with Crippen LogP contribution in [0.5, 0.6) is 0 Å². The Hall–Kier alpha value is -2.15. The van der Waals surface area contributed by atoms with Gasteiger partial charge in [-0.15, -0.1) is 10.2 Å². The molecule has 0 bridgehead atoms. The van der Waals surface area contributed by atoms with Gasteiger partial charge in [0.2, 0.25) is 5.16 Å². The molecule has 1 N–H and O–H groups in total. The van der Waals surface area contributed by atoms with E-state index in [4.69, 9.17) is 4.74 Å². The molecule has 21 heavy (non-hydrogen) atoms. The monoisotopic (exact) mass is 302 g/mol. The zero-order valence-corrected chi connectivity index (χ0v) is 12.5. The number of fused-ring (bicyclic) bond motifs is 3. The number of carbonyl (C=O) groups excluding carboxylic acids is 1. The number of H-pyrrole nitrogens is 1. The lowest BCUT2D eigenvalue weighted by Crippen LogP contribution is -2.18. The number of aromatic nitrogens is 4. The van der Waals surface area contributed by atoms with Crippen LogP contribution in [0, 0.1) is 0 Å².